The average molecular weight is 226 g/mol. The maximum atomic E-state index is 5.45. The molecule has 2 aliphatic heterocycles. The Kier molecular flexibility index (Phi) is 5.07. The van der Waals surface area contributed by atoms with Gasteiger partial charge in [-0.3, -0.25) is 0 Å². The van der Waals surface area contributed by atoms with Crippen molar-refractivity contribution in [1.29, 1.82) is 0 Å². The van der Waals surface area contributed by atoms with Crippen LogP contribution in [-0.4, -0.2) is 50.8 Å². The maximum absolute atomic E-state index is 5.45. The minimum absolute atomic E-state index is 0.788. The SMILES string of the molecule is CCN(CC1CCCNC1)CC1CCOC1. The van der Waals surface area contributed by atoms with Crippen molar-refractivity contribution in [2.24, 2.45) is 11.8 Å². The van der Waals surface area contributed by atoms with Gasteiger partial charge in [0.25, 0.3) is 0 Å². The Morgan fingerprint density at radius 2 is 2.12 bits per heavy atom. The third-order valence-electron chi connectivity index (χ3n) is 3.90. The van der Waals surface area contributed by atoms with Crippen LogP contribution in [0.1, 0.15) is 26.2 Å². The molecule has 3 nitrogen and oxygen atoms in total. The average Bonchev–Trinajstić information content (AvgIpc) is 2.82. The van der Waals surface area contributed by atoms with Gasteiger partial charge in [0.15, 0.2) is 0 Å². The summed E-state index contributed by atoms with van der Waals surface area (Å²) in [6.07, 6.45) is 4.03. The molecule has 2 heterocycles. The lowest BCUT2D eigenvalue weighted by Crippen LogP contribution is -2.40. The van der Waals surface area contributed by atoms with Gasteiger partial charge < -0.3 is 15.0 Å². The van der Waals surface area contributed by atoms with Gasteiger partial charge >= 0.3 is 0 Å². The van der Waals surface area contributed by atoms with Crippen LogP contribution in [0, 0.1) is 11.8 Å². The molecule has 2 aliphatic rings. The van der Waals surface area contributed by atoms with Crippen molar-refractivity contribution in [3.8, 4) is 0 Å². The van der Waals surface area contributed by atoms with E-state index >= 15 is 0 Å². The van der Waals surface area contributed by atoms with E-state index < -0.39 is 0 Å². The van der Waals surface area contributed by atoms with Crippen molar-refractivity contribution in [2.45, 2.75) is 26.2 Å². The molecule has 0 amide bonds. The number of hydrogen-bond donors (Lipinski definition) is 1. The van der Waals surface area contributed by atoms with E-state index in [1.54, 1.807) is 0 Å². The predicted octanol–water partition coefficient (Wildman–Crippen LogP) is 1.34. The molecule has 1 N–H and O–H groups in total. The van der Waals surface area contributed by atoms with Crippen LogP contribution in [0.3, 0.4) is 0 Å². The van der Waals surface area contributed by atoms with E-state index in [4.69, 9.17) is 4.74 Å². The molecule has 0 saturated carbocycles. The Morgan fingerprint density at radius 3 is 2.75 bits per heavy atom. The summed E-state index contributed by atoms with van der Waals surface area (Å²) in [6.45, 7) is 10.4. The highest BCUT2D eigenvalue weighted by Gasteiger charge is 2.21. The highest BCUT2D eigenvalue weighted by molar-refractivity contribution is 4.75. The fraction of sp³-hybridized carbons (Fsp3) is 1.00. The molecule has 94 valence electrons. The summed E-state index contributed by atoms with van der Waals surface area (Å²) in [5, 5.41) is 3.51. The van der Waals surface area contributed by atoms with Crippen LogP contribution >= 0.6 is 0 Å². The number of rotatable bonds is 5. The summed E-state index contributed by atoms with van der Waals surface area (Å²) in [5.74, 6) is 1.66. The van der Waals surface area contributed by atoms with Gasteiger partial charge in [-0.1, -0.05) is 6.92 Å². The molecular weight excluding hydrogens is 200 g/mol. The summed E-state index contributed by atoms with van der Waals surface area (Å²) >= 11 is 0. The van der Waals surface area contributed by atoms with Gasteiger partial charge in [0.1, 0.15) is 0 Å². The standard InChI is InChI=1S/C13H26N2O/c1-2-15(10-13-5-7-16-11-13)9-12-4-3-6-14-8-12/h12-14H,2-11H2,1H3. The first kappa shape index (κ1) is 12.3. The molecule has 2 unspecified atom stereocenters. The zero-order chi connectivity index (χ0) is 11.2. The quantitative estimate of drug-likeness (QED) is 0.766. The summed E-state index contributed by atoms with van der Waals surface area (Å²) in [6, 6.07) is 0. The lowest BCUT2D eigenvalue weighted by molar-refractivity contribution is 0.156. The monoisotopic (exact) mass is 226 g/mol. The third-order valence-corrected chi connectivity index (χ3v) is 3.90. The molecule has 0 aromatic carbocycles. The van der Waals surface area contributed by atoms with E-state index in [0.717, 1.165) is 25.0 Å². The van der Waals surface area contributed by atoms with Crippen molar-refractivity contribution in [1.82, 2.24) is 10.2 Å². The highest BCUT2D eigenvalue weighted by Crippen LogP contribution is 2.17. The van der Waals surface area contributed by atoms with Crippen LogP contribution in [-0.2, 0) is 4.74 Å². The Bertz CT molecular complexity index is 186. The van der Waals surface area contributed by atoms with E-state index in [1.165, 1.54) is 52.0 Å². The second-order valence-corrected chi connectivity index (χ2v) is 5.29. The molecule has 0 aromatic heterocycles. The number of hydrogen-bond acceptors (Lipinski definition) is 3. The van der Waals surface area contributed by atoms with Crippen LogP contribution in [0.15, 0.2) is 0 Å². The first-order chi connectivity index (χ1) is 7.88. The zero-order valence-electron chi connectivity index (χ0n) is 10.6. The molecule has 3 heteroatoms. The van der Waals surface area contributed by atoms with Gasteiger partial charge in [-0.15, -0.1) is 0 Å². The summed E-state index contributed by atoms with van der Waals surface area (Å²) in [5.41, 5.74) is 0. The van der Waals surface area contributed by atoms with Gasteiger partial charge in [-0.2, -0.15) is 0 Å². The van der Waals surface area contributed by atoms with Crippen LogP contribution in [0.4, 0.5) is 0 Å². The summed E-state index contributed by atoms with van der Waals surface area (Å²) < 4.78 is 5.45. The lowest BCUT2D eigenvalue weighted by atomic mass is 9.98. The van der Waals surface area contributed by atoms with Crippen molar-refractivity contribution < 1.29 is 4.74 Å². The first-order valence-electron chi connectivity index (χ1n) is 6.89. The van der Waals surface area contributed by atoms with Gasteiger partial charge in [-0.25, -0.2) is 0 Å². The van der Waals surface area contributed by atoms with E-state index in [0.29, 0.717) is 0 Å². The van der Waals surface area contributed by atoms with Gasteiger partial charge in [0, 0.05) is 19.7 Å². The molecule has 2 atom stereocenters. The Morgan fingerprint density at radius 1 is 1.25 bits per heavy atom. The molecule has 0 radical (unpaired) electrons. The highest BCUT2D eigenvalue weighted by atomic mass is 16.5. The number of piperidine rings is 1. The second kappa shape index (κ2) is 6.58. The first-order valence-corrected chi connectivity index (χ1v) is 6.89. The predicted molar refractivity (Wildman–Crippen MR) is 66.6 cm³/mol. The molecule has 2 saturated heterocycles. The normalized spacial score (nSPS) is 31.1. The van der Waals surface area contributed by atoms with Crippen LogP contribution in [0.2, 0.25) is 0 Å². The second-order valence-electron chi connectivity index (χ2n) is 5.29. The fourth-order valence-corrected chi connectivity index (χ4v) is 2.87. The Hall–Kier alpha value is -0.120. The van der Waals surface area contributed by atoms with Crippen molar-refractivity contribution >= 4 is 0 Å². The molecule has 2 rings (SSSR count). The van der Waals surface area contributed by atoms with E-state index in [-0.39, 0.29) is 0 Å². The summed E-state index contributed by atoms with van der Waals surface area (Å²) in [4.78, 5) is 2.62. The Labute approximate surface area is 99.5 Å². The minimum Gasteiger partial charge on any atom is -0.381 e. The van der Waals surface area contributed by atoms with Crippen LogP contribution < -0.4 is 5.32 Å². The number of nitrogens with one attached hydrogen (secondary N) is 1. The van der Waals surface area contributed by atoms with E-state index in [2.05, 4.69) is 17.1 Å². The van der Waals surface area contributed by atoms with Crippen molar-refractivity contribution in [3.05, 3.63) is 0 Å². The molecule has 0 aromatic rings. The van der Waals surface area contributed by atoms with Crippen LogP contribution in [0.5, 0.6) is 0 Å². The van der Waals surface area contributed by atoms with Crippen molar-refractivity contribution in [3.63, 3.8) is 0 Å². The lowest BCUT2D eigenvalue weighted by Gasteiger charge is -2.30. The minimum atomic E-state index is 0.788. The van der Waals surface area contributed by atoms with Gasteiger partial charge in [-0.05, 0) is 50.7 Å². The maximum Gasteiger partial charge on any atom is 0.0507 e. The Balaban J connectivity index is 1.70. The fourth-order valence-electron chi connectivity index (χ4n) is 2.87. The molecule has 0 spiro atoms. The van der Waals surface area contributed by atoms with Crippen LogP contribution in [0.25, 0.3) is 0 Å². The van der Waals surface area contributed by atoms with Gasteiger partial charge in [0.05, 0.1) is 6.61 Å². The molecular formula is C13H26N2O. The smallest absolute Gasteiger partial charge is 0.0507 e. The molecule has 2 fully saturated rings. The van der Waals surface area contributed by atoms with Crippen molar-refractivity contribution in [2.75, 3.05) is 45.9 Å². The van der Waals surface area contributed by atoms with Gasteiger partial charge in [0.2, 0.25) is 0 Å². The zero-order valence-corrected chi connectivity index (χ0v) is 10.6. The summed E-state index contributed by atoms with van der Waals surface area (Å²) in [7, 11) is 0. The molecule has 16 heavy (non-hydrogen) atoms. The molecule has 0 bridgehead atoms. The topological polar surface area (TPSA) is 24.5 Å². The third kappa shape index (κ3) is 3.72. The van der Waals surface area contributed by atoms with E-state index in [1.807, 2.05) is 0 Å². The number of nitrogens with zero attached hydrogens (tertiary/aromatic N) is 1. The number of ether oxygens (including phenoxy) is 1. The molecule has 0 aliphatic carbocycles. The van der Waals surface area contributed by atoms with E-state index in [9.17, 15) is 0 Å². The largest absolute Gasteiger partial charge is 0.381 e.